The Balaban J connectivity index is 2.34. The zero-order chi connectivity index (χ0) is 12.3. The molecule has 0 spiro atoms. The van der Waals surface area contributed by atoms with Gasteiger partial charge in [-0.3, -0.25) is 4.79 Å². The van der Waals surface area contributed by atoms with E-state index in [0.29, 0.717) is 12.0 Å². The van der Waals surface area contributed by atoms with E-state index in [9.17, 15) is 9.90 Å². The third-order valence-corrected chi connectivity index (χ3v) is 2.84. The van der Waals surface area contributed by atoms with E-state index in [1.807, 2.05) is 36.4 Å². The Hall–Kier alpha value is -2.03. The van der Waals surface area contributed by atoms with Gasteiger partial charge in [0.05, 0.1) is 0 Å². The lowest BCUT2D eigenvalue weighted by Gasteiger charge is -2.07. The molecule has 88 valence electrons. The summed E-state index contributed by atoms with van der Waals surface area (Å²) < 4.78 is 0. The van der Waals surface area contributed by atoms with Crippen LogP contribution < -0.4 is 0 Å². The number of allylic oxidation sites excluding steroid dienone is 3. The highest BCUT2D eigenvalue weighted by Crippen LogP contribution is 2.27. The molecule has 17 heavy (non-hydrogen) atoms. The maximum Gasteiger partial charge on any atom is 0.303 e. The van der Waals surface area contributed by atoms with E-state index in [0.717, 1.165) is 17.5 Å². The van der Waals surface area contributed by atoms with E-state index in [2.05, 4.69) is 0 Å². The molecule has 3 heteroatoms. The fourth-order valence-corrected chi connectivity index (χ4v) is 1.95. The van der Waals surface area contributed by atoms with Crippen LogP contribution in [0.1, 0.15) is 24.0 Å². The van der Waals surface area contributed by atoms with E-state index in [1.54, 1.807) is 0 Å². The van der Waals surface area contributed by atoms with Crippen LogP contribution in [0.25, 0.3) is 5.76 Å². The van der Waals surface area contributed by atoms with Gasteiger partial charge in [0, 0.05) is 12.0 Å². The van der Waals surface area contributed by atoms with Gasteiger partial charge in [0.15, 0.2) is 0 Å². The SMILES string of the molecule is O=C(O)CCC1=C(O)c2ccccc2CC=C1. The summed E-state index contributed by atoms with van der Waals surface area (Å²) in [6.45, 7) is 0. The normalized spacial score (nSPS) is 14.4. The average Bonchev–Trinajstić information content (AvgIpc) is 2.47. The fraction of sp³-hybridized carbons (Fsp3) is 0.214. The lowest BCUT2D eigenvalue weighted by atomic mass is 10.0. The summed E-state index contributed by atoms with van der Waals surface area (Å²) >= 11 is 0. The molecule has 0 atom stereocenters. The maximum absolute atomic E-state index is 10.6. The number of rotatable bonds is 3. The van der Waals surface area contributed by atoms with Crippen LogP contribution in [-0.2, 0) is 11.2 Å². The molecular weight excluding hydrogens is 216 g/mol. The van der Waals surface area contributed by atoms with E-state index < -0.39 is 5.97 Å². The van der Waals surface area contributed by atoms with E-state index in [1.165, 1.54) is 0 Å². The van der Waals surface area contributed by atoms with Gasteiger partial charge in [0.2, 0.25) is 0 Å². The second kappa shape index (κ2) is 4.87. The Morgan fingerprint density at radius 1 is 1.29 bits per heavy atom. The number of fused-ring (bicyclic) bond motifs is 1. The highest BCUT2D eigenvalue weighted by atomic mass is 16.4. The summed E-state index contributed by atoms with van der Waals surface area (Å²) in [6.07, 6.45) is 4.92. The lowest BCUT2D eigenvalue weighted by Crippen LogP contribution is -1.97. The molecule has 0 amide bonds. The standard InChI is InChI=1S/C14H14O3/c15-13(16)9-8-11-6-3-5-10-4-1-2-7-12(10)14(11)17/h1-4,6-7,17H,5,8-9H2,(H,15,16). The van der Waals surface area contributed by atoms with Crippen LogP contribution in [-0.4, -0.2) is 16.2 Å². The zero-order valence-electron chi connectivity index (χ0n) is 9.39. The largest absolute Gasteiger partial charge is 0.507 e. The first kappa shape index (κ1) is 11.5. The summed E-state index contributed by atoms with van der Waals surface area (Å²) in [5, 5.41) is 18.8. The first-order valence-electron chi connectivity index (χ1n) is 5.57. The molecule has 0 saturated carbocycles. The van der Waals surface area contributed by atoms with E-state index in [-0.39, 0.29) is 12.2 Å². The molecule has 0 aliphatic heterocycles. The number of aliphatic hydroxyl groups is 1. The summed E-state index contributed by atoms with van der Waals surface area (Å²) in [5.41, 5.74) is 2.56. The van der Waals surface area contributed by atoms with Crippen LogP contribution in [0.15, 0.2) is 42.0 Å². The highest BCUT2D eigenvalue weighted by Gasteiger charge is 2.13. The van der Waals surface area contributed by atoms with E-state index >= 15 is 0 Å². The maximum atomic E-state index is 10.6. The van der Waals surface area contributed by atoms with Gasteiger partial charge >= 0.3 is 5.97 Å². The van der Waals surface area contributed by atoms with Gasteiger partial charge in [-0.25, -0.2) is 0 Å². The van der Waals surface area contributed by atoms with Gasteiger partial charge < -0.3 is 10.2 Å². The smallest absolute Gasteiger partial charge is 0.303 e. The van der Waals surface area contributed by atoms with Crippen LogP contribution in [0.2, 0.25) is 0 Å². The molecule has 0 unspecified atom stereocenters. The van der Waals surface area contributed by atoms with Crippen molar-refractivity contribution in [3.05, 3.63) is 53.1 Å². The van der Waals surface area contributed by atoms with Crippen LogP contribution in [0.4, 0.5) is 0 Å². The number of aliphatic carboxylic acids is 1. The zero-order valence-corrected chi connectivity index (χ0v) is 9.39. The van der Waals surface area contributed by atoms with Crippen molar-refractivity contribution in [1.82, 2.24) is 0 Å². The molecule has 1 aromatic rings. The Labute approximate surface area is 99.7 Å². The van der Waals surface area contributed by atoms with Crippen LogP contribution in [0, 0.1) is 0 Å². The number of benzene rings is 1. The third kappa shape index (κ3) is 2.56. The van der Waals surface area contributed by atoms with Crippen LogP contribution in [0.3, 0.4) is 0 Å². The number of carboxylic acids is 1. The minimum atomic E-state index is -0.851. The molecule has 1 aliphatic carbocycles. The highest BCUT2D eigenvalue weighted by molar-refractivity contribution is 5.71. The van der Waals surface area contributed by atoms with Gasteiger partial charge in [0.25, 0.3) is 0 Å². The van der Waals surface area contributed by atoms with Crippen molar-refractivity contribution in [1.29, 1.82) is 0 Å². The van der Waals surface area contributed by atoms with Crippen LogP contribution in [0.5, 0.6) is 0 Å². The molecule has 0 heterocycles. The van der Waals surface area contributed by atoms with Gasteiger partial charge in [0.1, 0.15) is 5.76 Å². The Morgan fingerprint density at radius 2 is 2.06 bits per heavy atom. The average molecular weight is 230 g/mol. The quantitative estimate of drug-likeness (QED) is 0.839. The minimum absolute atomic E-state index is 0.0336. The van der Waals surface area contributed by atoms with Crippen molar-refractivity contribution in [3.63, 3.8) is 0 Å². The molecular formula is C14H14O3. The van der Waals surface area contributed by atoms with Crippen molar-refractivity contribution < 1.29 is 15.0 Å². The number of carbonyl (C=O) groups is 1. The molecule has 0 bridgehead atoms. The first-order valence-corrected chi connectivity index (χ1v) is 5.57. The van der Waals surface area contributed by atoms with E-state index in [4.69, 9.17) is 5.11 Å². The summed E-state index contributed by atoms with van der Waals surface area (Å²) in [7, 11) is 0. The topological polar surface area (TPSA) is 57.5 Å². The van der Waals surface area contributed by atoms with Crippen molar-refractivity contribution in [2.24, 2.45) is 0 Å². The Kier molecular flexibility index (Phi) is 3.28. The van der Waals surface area contributed by atoms with Crippen molar-refractivity contribution >= 4 is 11.7 Å². The number of hydrogen-bond acceptors (Lipinski definition) is 2. The molecule has 3 nitrogen and oxygen atoms in total. The minimum Gasteiger partial charge on any atom is -0.507 e. The molecule has 2 rings (SSSR count). The monoisotopic (exact) mass is 230 g/mol. The van der Waals surface area contributed by atoms with Crippen molar-refractivity contribution in [3.8, 4) is 0 Å². The molecule has 1 aliphatic rings. The predicted molar refractivity (Wildman–Crippen MR) is 65.7 cm³/mol. The predicted octanol–water partition coefficient (Wildman–Crippen LogP) is 2.93. The second-order valence-corrected chi connectivity index (χ2v) is 4.03. The molecule has 0 radical (unpaired) electrons. The van der Waals surface area contributed by atoms with Gasteiger partial charge in [-0.1, -0.05) is 36.4 Å². The summed E-state index contributed by atoms with van der Waals surface area (Å²) in [5.74, 6) is -0.646. The van der Waals surface area contributed by atoms with Crippen molar-refractivity contribution in [2.75, 3.05) is 0 Å². The van der Waals surface area contributed by atoms with Crippen LogP contribution >= 0.6 is 0 Å². The molecule has 0 saturated heterocycles. The number of carboxylic acid groups (broad SMARTS) is 1. The molecule has 1 aromatic carbocycles. The molecule has 0 fully saturated rings. The number of aliphatic hydroxyl groups excluding tert-OH is 1. The van der Waals surface area contributed by atoms with Gasteiger partial charge in [-0.15, -0.1) is 0 Å². The summed E-state index contributed by atoms with van der Waals surface area (Å²) in [4.78, 5) is 10.6. The summed E-state index contributed by atoms with van der Waals surface area (Å²) in [6, 6.07) is 7.63. The Morgan fingerprint density at radius 3 is 2.82 bits per heavy atom. The second-order valence-electron chi connectivity index (χ2n) is 4.03. The third-order valence-electron chi connectivity index (χ3n) is 2.84. The fourth-order valence-electron chi connectivity index (χ4n) is 1.95. The van der Waals surface area contributed by atoms with Gasteiger partial charge in [-0.2, -0.15) is 0 Å². The van der Waals surface area contributed by atoms with Gasteiger partial charge in [-0.05, 0) is 24.0 Å². The lowest BCUT2D eigenvalue weighted by molar-refractivity contribution is -0.136. The molecule has 0 aromatic heterocycles. The Bertz CT molecular complexity index is 498. The number of hydrogen-bond donors (Lipinski definition) is 2. The van der Waals surface area contributed by atoms with Crippen molar-refractivity contribution in [2.45, 2.75) is 19.3 Å². The molecule has 2 N–H and O–H groups in total. The first-order chi connectivity index (χ1) is 8.18.